The van der Waals surface area contributed by atoms with Crippen molar-refractivity contribution < 1.29 is 4.74 Å². The second kappa shape index (κ2) is 11.5. The molecule has 7 heteroatoms. The van der Waals surface area contributed by atoms with E-state index in [4.69, 9.17) is 9.73 Å². The van der Waals surface area contributed by atoms with Crippen molar-refractivity contribution in [3.63, 3.8) is 0 Å². The normalized spacial score (nSPS) is 22.0. The monoisotopic (exact) mass is 494 g/mol. The van der Waals surface area contributed by atoms with E-state index in [0.29, 0.717) is 18.5 Å². The summed E-state index contributed by atoms with van der Waals surface area (Å²) in [5.41, 5.74) is -0.243. The first-order chi connectivity index (χ1) is 12.0. The van der Waals surface area contributed by atoms with Crippen LogP contribution in [0.3, 0.4) is 0 Å². The highest BCUT2D eigenvalue weighted by Crippen LogP contribution is 2.36. The number of hydrogen-bond donors (Lipinski definition) is 2. The van der Waals surface area contributed by atoms with Crippen molar-refractivity contribution in [1.29, 1.82) is 0 Å². The number of thiophene rings is 1. The highest BCUT2D eigenvalue weighted by Gasteiger charge is 2.31. The standard InChI is InChI=1S/C19H34N4OS.HI/c1-6-20-18(22-14-19(2,3)24-5)21-13-15-9-7-11-23(4)17(15)16-10-8-12-25-16;/h8,10,12,15,17H,6-7,9,11,13-14H2,1-5H3,(H2,20,21,22);1H. The van der Waals surface area contributed by atoms with Gasteiger partial charge in [-0.3, -0.25) is 9.89 Å². The number of aliphatic imine (C=N–C) groups is 1. The van der Waals surface area contributed by atoms with Crippen molar-refractivity contribution in [3.05, 3.63) is 22.4 Å². The second-order valence-corrected chi connectivity index (χ2v) is 8.36. The third-order valence-electron chi connectivity index (χ3n) is 4.89. The van der Waals surface area contributed by atoms with E-state index in [1.54, 1.807) is 7.11 Å². The fraction of sp³-hybridized carbons (Fsp3) is 0.737. The van der Waals surface area contributed by atoms with Gasteiger partial charge in [0.15, 0.2) is 5.96 Å². The van der Waals surface area contributed by atoms with Gasteiger partial charge < -0.3 is 15.4 Å². The molecular weight excluding hydrogens is 459 g/mol. The Morgan fingerprint density at radius 1 is 1.42 bits per heavy atom. The number of piperidine rings is 1. The zero-order valence-corrected chi connectivity index (χ0v) is 19.9. The number of guanidine groups is 1. The molecule has 0 amide bonds. The summed E-state index contributed by atoms with van der Waals surface area (Å²) in [6.45, 7) is 9.82. The second-order valence-electron chi connectivity index (χ2n) is 7.38. The first-order valence-electron chi connectivity index (χ1n) is 9.28. The van der Waals surface area contributed by atoms with Crippen LogP contribution in [0.25, 0.3) is 0 Å². The molecule has 1 saturated heterocycles. The molecule has 150 valence electrons. The lowest BCUT2D eigenvalue weighted by atomic mass is 9.88. The van der Waals surface area contributed by atoms with Gasteiger partial charge in [-0.1, -0.05) is 6.07 Å². The Morgan fingerprint density at radius 2 is 2.19 bits per heavy atom. The molecule has 2 rings (SSSR count). The molecule has 2 heterocycles. The highest BCUT2D eigenvalue weighted by molar-refractivity contribution is 14.0. The minimum absolute atomic E-state index is 0. The van der Waals surface area contributed by atoms with Crippen LogP contribution in [0.15, 0.2) is 22.5 Å². The van der Waals surface area contributed by atoms with Crippen LogP contribution in [-0.4, -0.2) is 56.8 Å². The van der Waals surface area contributed by atoms with E-state index in [1.807, 2.05) is 11.3 Å². The lowest BCUT2D eigenvalue weighted by Crippen LogP contribution is -2.45. The first kappa shape index (κ1) is 23.7. The molecule has 1 fully saturated rings. The van der Waals surface area contributed by atoms with Crippen LogP contribution in [0.5, 0.6) is 0 Å². The molecule has 2 unspecified atom stereocenters. The summed E-state index contributed by atoms with van der Waals surface area (Å²) >= 11 is 1.87. The van der Waals surface area contributed by atoms with E-state index in [-0.39, 0.29) is 29.6 Å². The number of nitrogens with zero attached hydrogens (tertiary/aromatic N) is 2. The van der Waals surface area contributed by atoms with Gasteiger partial charge in [-0.15, -0.1) is 35.3 Å². The van der Waals surface area contributed by atoms with Crippen LogP contribution >= 0.6 is 35.3 Å². The molecule has 2 atom stereocenters. The Balaban J connectivity index is 0.00000338. The molecule has 0 radical (unpaired) electrons. The molecule has 26 heavy (non-hydrogen) atoms. The summed E-state index contributed by atoms with van der Waals surface area (Å²) < 4.78 is 5.47. The molecule has 5 nitrogen and oxygen atoms in total. The number of hydrogen-bond acceptors (Lipinski definition) is 4. The number of rotatable bonds is 7. The maximum absolute atomic E-state index is 5.47. The molecule has 0 spiro atoms. The zero-order chi connectivity index (χ0) is 18.3. The fourth-order valence-electron chi connectivity index (χ4n) is 3.29. The minimum Gasteiger partial charge on any atom is -0.377 e. The smallest absolute Gasteiger partial charge is 0.191 e. The summed E-state index contributed by atoms with van der Waals surface area (Å²) in [4.78, 5) is 8.67. The zero-order valence-electron chi connectivity index (χ0n) is 16.7. The quantitative estimate of drug-likeness (QED) is 0.345. The number of likely N-dealkylation sites (tertiary alicyclic amines) is 1. The Labute approximate surface area is 180 Å². The molecule has 2 N–H and O–H groups in total. The van der Waals surface area contributed by atoms with Gasteiger partial charge in [0.05, 0.1) is 12.1 Å². The van der Waals surface area contributed by atoms with E-state index in [1.165, 1.54) is 24.3 Å². The van der Waals surface area contributed by atoms with Crippen LogP contribution in [0.2, 0.25) is 0 Å². The molecular formula is C19H35IN4OS. The first-order valence-corrected chi connectivity index (χ1v) is 10.2. The van der Waals surface area contributed by atoms with Crippen molar-refractivity contribution in [3.8, 4) is 0 Å². The maximum atomic E-state index is 5.47. The summed E-state index contributed by atoms with van der Waals surface area (Å²) in [6, 6.07) is 4.93. The summed E-state index contributed by atoms with van der Waals surface area (Å²) in [5.74, 6) is 1.47. The van der Waals surface area contributed by atoms with Gasteiger partial charge in [0.2, 0.25) is 0 Å². The topological polar surface area (TPSA) is 48.9 Å². The predicted octanol–water partition coefficient (Wildman–Crippen LogP) is 3.73. The van der Waals surface area contributed by atoms with E-state index in [9.17, 15) is 0 Å². The lowest BCUT2D eigenvalue weighted by molar-refractivity contribution is 0.0310. The SMILES string of the molecule is CCNC(=NCC(C)(C)OC)NCC1CCCN(C)C1c1cccs1.I. The van der Waals surface area contributed by atoms with Crippen LogP contribution in [-0.2, 0) is 4.74 Å². The van der Waals surface area contributed by atoms with Crippen LogP contribution in [0, 0.1) is 5.92 Å². The van der Waals surface area contributed by atoms with Crippen molar-refractivity contribution in [2.24, 2.45) is 10.9 Å². The van der Waals surface area contributed by atoms with E-state index in [0.717, 1.165) is 19.0 Å². The minimum atomic E-state index is -0.243. The van der Waals surface area contributed by atoms with Gasteiger partial charge in [-0.25, -0.2) is 0 Å². The molecule has 0 saturated carbocycles. The van der Waals surface area contributed by atoms with E-state index in [2.05, 4.69) is 60.9 Å². The number of nitrogens with one attached hydrogen (secondary N) is 2. The fourth-order valence-corrected chi connectivity index (χ4v) is 4.27. The Kier molecular flexibility index (Phi) is 10.4. The molecule has 1 aromatic heterocycles. The molecule has 0 aliphatic carbocycles. The number of halogens is 1. The van der Waals surface area contributed by atoms with Gasteiger partial charge in [0.1, 0.15) is 0 Å². The van der Waals surface area contributed by atoms with Gasteiger partial charge in [0.25, 0.3) is 0 Å². The summed E-state index contributed by atoms with van der Waals surface area (Å²) in [6.07, 6.45) is 2.51. The molecule has 1 aliphatic heterocycles. The van der Waals surface area contributed by atoms with Gasteiger partial charge in [-0.05, 0) is 64.6 Å². The summed E-state index contributed by atoms with van der Waals surface area (Å²) in [5, 5.41) is 9.09. The number of ether oxygens (including phenoxy) is 1. The summed E-state index contributed by atoms with van der Waals surface area (Å²) in [7, 11) is 3.98. The lowest BCUT2D eigenvalue weighted by Gasteiger charge is -2.39. The van der Waals surface area contributed by atoms with Crippen LogP contribution in [0.4, 0.5) is 0 Å². The van der Waals surface area contributed by atoms with Gasteiger partial charge >= 0.3 is 0 Å². The predicted molar refractivity (Wildman–Crippen MR) is 123 cm³/mol. The number of methoxy groups -OCH3 is 1. The third-order valence-corrected chi connectivity index (χ3v) is 5.83. The average molecular weight is 494 g/mol. The Morgan fingerprint density at radius 3 is 2.81 bits per heavy atom. The van der Waals surface area contributed by atoms with Gasteiger partial charge in [-0.2, -0.15) is 0 Å². The van der Waals surface area contributed by atoms with Gasteiger partial charge in [0, 0.05) is 31.1 Å². The largest absolute Gasteiger partial charge is 0.377 e. The van der Waals surface area contributed by atoms with E-state index >= 15 is 0 Å². The third kappa shape index (κ3) is 6.98. The highest BCUT2D eigenvalue weighted by atomic mass is 127. The van der Waals surface area contributed by atoms with Crippen molar-refractivity contribution in [2.75, 3.05) is 40.3 Å². The Hall–Kier alpha value is -0.380. The molecule has 1 aromatic rings. The average Bonchev–Trinajstić information content (AvgIpc) is 3.11. The van der Waals surface area contributed by atoms with Crippen LogP contribution in [0.1, 0.15) is 44.5 Å². The molecule has 0 bridgehead atoms. The molecule has 0 aromatic carbocycles. The van der Waals surface area contributed by atoms with Crippen LogP contribution < -0.4 is 10.6 Å². The van der Waals surface area contributed by atoms with E-state index < -0.39 is 0 Å². The maximum Gasteiger partial charge on any atom is 0.191 e. The Bertz CT molecular complexity index is 536. The van der Waals surface area contributed by atoms with Crippen molar-refractivity contribution >= 4 is 41.3 Å². The van der Waals surface area contributed by atoms with Crippen molar-refractivity contribution in [2.45, 2.75) is 45.3 Å². The van der Waals surface area contributed by atoms with Crippen molar-refractivity contribution in [1.82, 2.24) is 15.5 Å². The molecule has 1 aliphatic rings.